The number of rotatable bonds is 3. The normalized spacial score (nSPS) is 25.9. The Hall–Kier alpha value is -1.18. The molecule has 0 bridgehead atoms. The molecule has 0 aromatic carbocycles. The van der Waals surface area contributed by atoms with Crippen LogP contribution in [-0.2, 0) is 11.3 Å². The fourth-order valence-electron chi connectivity index (χ4n) is 2.39. The molecular formula is C13H17FN4OS. The maximum atomic E-state index is 13.7. The lowest BCUT2D eigenvalue weighted by Crippen LogP contribution is -2.48. The first kappa shape index (κ1) is 13.8. The van der Waals surface area contributed by atoms with Crippen LogP contribution < -0.4 is 16.0 Å². The van der Waals surface area contributed by atoms with E-state index in [0.29, 0.717) is 24.7 Å². The number of halogens is 1. The molecule has 1 saturated heterocycles. The van der Waals surface area contributed by atoms with Crippen molar-refractivity contribution in [3.05, 3.63) is 17.8 Å². The number of thioether (sulfide) groups is 1. The van der Waals surface area contributed by atoms with E-state index in [2.05, 4.69) is 20.9 Å². The number of amides is 1. The van der Waals surface area contributed by atoms with Crippen molar-refractivity contribution in [2.24, 2.45) is 0 Å². The minimum absolute atomic E-state index is 0.0257. The number of hydrogen-bond donors (Lipinski definition) is 3. The summed E-state index contributed by atoms with van der Waals surface area (Å²) < 4.78 is 13.7. The molecule has 1 aromatic heterocycles. The van der Waals surface area contributed by atoms with Crippen LogP contribution in [0.25, 0.3) is 0 Å². The maximum Gasteiger partial charge on any atom is 0.235 e. The molecule has 1 fully saturated rings. The van der Waals surface area contributed by atoms with Gasteiger partial charge in [0, 0.05) is 19.1 Å². The number of fused-ring (bicyclic) bond motifs is 1. The maximum absolute atomic E-state index is 13.7. The summed E-state index contributed by atoms with van der Waals surface area (Å²) in [4.78, 5) is 16.7. The number of carbonyl (C=O) groups excluding carboxylic acids is 1. The zero-order valence-corrected chi connectivity index (χ0v) is 11.8. The molecule has 5 nitrogen and oxygen atoms in total. The van der Waals surface area contributed by atoms with E-state index in [1.54, 1.807) is 0 Å². The van der Waals surface area contributed by atoms with E-state index in [0.717, 1.165) is 23.6 Å². The first-order valence-corrected chi connectivity index (χ1v) is 7.71. The molecule has 3 rings (SSSR count). The standard InChI is InChI=1S/C13H17FN4OS/c14-9-6-15-4-3-10(9)16-5-8-1-2-11-13(17-8)18-12(19)7-20-11/h1-2,9-10,15-16H,3-7H2,(H,17,18,19)/t9-,10-/m0/s1. The molecule has 0 saturated carbocycles. The monoisotopic (exact) mass is 296 g/mol. The average Bonchev–Trinajstić information content (AvgIpc) is 2.46. The van der Waals surface area contributed by atoms with Crippen molar-refractivity contribution in [1.29, 1.82) is 0 Å². The van der Waals surface area contributed by atoms with Crippen molar-refractivity contribution in [3.8, 4) is 0 Å². The van der Waals surface area contributed by atoms with Crippen LogP contribution in [0.3, 0.4) is 0 Å². The van der Waals surface area contributed by atoms with E-state index in [1.165, 1.54) is 11.8 Å². The van der Waals surface area contributed by atoms with Gasteiger partial charge < -0.3 is 16.0 Å². The highest BCUT2D eigenvalue weighted by Crippen LogP contribution is 2.29. The molecule has 108 valence electrons. The second-order valence-corrected chi connectivity index (χ2v) is 6.00. The quantitative estimate of drug-likeness (QED) is 0.774. The minimum Gasteiger partial charge on any atom is -0.314 e. The Labute approximate surface area is 121 Å². The predicted octanol–water partition coefficient (Wildman–Crippen LogP) is 0.915. The molecular weight excluding hydrogens is 279 g/mol. The Bertz CT molecular complexity index is 513. The Morgan fingerprint density at radius 2 is 2.40 bits per heavy atom. The van der Waals surface area contributed by atoms with E-state index in [4.69, 9.17) is 0 Å². The minimum atomic E-state index is -0.864. The second-order valence-electron chi connectivity index (χ2n) is 4.98. The highest BCUT2D eigenvalue weighted by atomic mass is 32.2. The van der Waals surface area contributed by atoms with Gasteiger partial charge >= 0.3 is 0 Å². The van der Waals surface area contributed by atoms with E-state index in [9.17, 15) is 9.18 Å². The number of piperidine rings is 1. The summed E-state index contributed by atoms with van der Waals surface area (Å²) in [6.07, 6.45) is -0.0877. The number of pyridine rings is 1. The van der Waals surface area contributed by atoms with Crippen LogP contribution >= 0.6 is 11.8 Å². The molecule has 2 aliphatic rings. The first-order valence-electron chi connectivity index (χ1n) is 6.73. The lowest BCUT2D eigenvalue weighted by Gasteiger charge is -2.27. The summed E-state index contributed by atoms with van der Waals surface area (Å²) in [5, 5.41) is 9.00. The van der Waals surface area contributed by atoms with Gasteiger partial charge in [-0.25, -0.2) is 9.37 Å². The summed E-state index contributed by atoms with van der Waals surface area (Å²) in [5.74, 6) is 1.03. The molecule has 1 aromatic rings. The summed E-state index contributed by atoms with van der Waals surface area (Å²) in [7, 11) is 0. The highest BCUT2D eigenvalue weighted by Gasteiger charge is 2.24. The smallest absolute Gasteiger partial charge is 0.235 e. The third-order valence-corrected chi connectivity index (χ3v) is 4.53. The Balaban J connectivity index is 1.63. The number of alkyl halides is 1. The zero-order chi connectivity index (χ0) is 13.9. The number of anilines is 1. The topological polar surface area (TPSA) is 66.0 Å². The van der Waals surface area contributed by atoms with E-state index in [1.807, 2.05) is 12.1 Å². The second kappa shape index (κ2) is 6.07. The van der Waals surface area contributed by atoms with Crippen LogP contribution in [0.15, 0.2) is 17.0 Å². The summed E-state index contributed by atoms with van der Waals surface area (Å²) in [6.45, 7) is 1.75. The lowest BCUT2D eigenvalue weighted by molar-refractivity contribution is -0.113. The van der Waals surface area contributed by atoms with Crippen molar-refractivity contribution in [3.63, 3.8) is 0 Å². The van der Waals surface area contributed by atoms with Gasteiger partial charge in [0.1, 0.15) is 12.0 Å². The van der Waals surface area contributed by atoms with Crippen LogP contribution in [0, 0.1) is 0 Å². The van der Waals surface area contributed by atoms with Gasteiger partial charge in [-0.2, -0.15) is 0 Å². The number of nitrogens with one attached hydrogen (secondary N) is 3. The van der Waals surface area contributed by atoms with Gasteiger partial charge in [-0.05, 0) is 25.1 Å². The van der Waals surface area contributed by atoms with Crippen molar-refractivity contribution in [2.75, 3.05) is 24.2 Å². The van der Waals surface area contributed by atoms with Crippen molar-refractivity contribution in [2.45, 2.75) is 30.1 Å². The lowest BCUT2D eigenvalue weighted by atomic mass is 10.0. The van der Waals surface area contributed by atoms with E-state index >= 15 is 0 Å². The Morgan fingerprint density at radius 1 is 1.50 bits per heavy atom. The van der Waals surface area contributed by atoms with Gasteiger partial charge in [-0.3, -0.25) is 4.79 Å². The van der Waals surface area contributed by atoms with Gasteiger partial charge in [0.15, 0.2) is 0 Å². The van der Waals surface area contributed by atoms with Crippen LogP contribution in [0.4, 0.5) is 10.2 Å². The fourth-order valence-corrected chi connectivity index (χ4v) is 3.15. The van der Waals surface area contributed by atoms with Crippen LogP contribution in [0.2, 0.25) is 0 Å². The van der Waals surface area contributed by atoms with E-state index in [-0.39, 0.29) is 11.9 Å². The average molecular weight is 296 g/mol. The number of nitrogens with zero attached hydrogens (tertiary/aromatic N) is 1. The summed E-state index contributed by atoms with van der Waals surface area (Å²) in [5.41, 5.74) is 0.817. The molecule has 3 N–H and O–H groups in total. The SMILES string of the molecule is O=C1CSc2ccc(CN[C@H]3CCNC[C@@H]3F)nc2N1. The zero-order valence-electron chi connectivity index (χ0n) is 11.0. The van der Waals surface area contributed by atoms with Crippen molar-refractivity contribution < 1.29 is 9.18 Å². The summed E-state index contributed by atoms with van der Waals surface area (Å²) >= 11 is 1.49. The van der Waals surface area contributed by atoms with Crippen LogP contribution in [0.5, 0.6) is 0 Å². The van der Waals surface area contributed by atoms with Gasteiger partial charge in [0.25, 0.3) is 0 Å². The van der Waals surface area contributed by atoms with Gasteiger partial charge in [0.05, 0.1) is 16.3 Å². The molecule has 0 aliphatic carbocycles. The molecule has 0 radical (unpaired) electrons. The predicted molar refractivity (Wildman–Crippen MR) is 76.6 cm³/mol. The third-order valence-electron chi connectivity index (χ3n) is 3.49. The molecule has 7 heteroatoms. The Morgan fingerprint density at radius 3 is 3.25 bits per heavy atom. The van der Waals surface area contributed by atoms with Crippen molar-refractivity contribution >= 4 is 23.5 Å². The fraction of sp³-hybridized carbons (Fsp3) is 0.538. The number of hydrogen-bond acceptors (Lipinski definition) is 5. The van der Waals surface area contributed by atoms with Gasteiger partial charge in [-0.1, -0.05) is 0 Å². The molecule has 2 aliphatic heterocycles. The molecule has 3 heterocycles. The van der Waals surface area contributed by atoms with E-state index < -0.39 is 6.17 Å². The Kier molecular flexibility index (Phi) is 4.18. The van der Waals surface area contributed by atoms with Gasteiger partial charge in [0.2, 0.25) is 5.91 Å². The number of carbonyl (C=O) groups is 1. The van der Waals surface area contributed by atoms with Crippen LogP contribution in [0.1, 0.15) is 12.1 Å². The van der Waals surface area contributed by atoms with Crippen LogP contribution in [-0.4, -0.2) is 41.9 Å². The first-order chi connectivity index (χ1) is 9.72. The molecule has 2 atom stereocenters. The van der Waals surface area contributed by atoms with Gasteiger partial charge in [-0.15, -0.1) is 11.8 Å². The largest absolute Gasteiger partial charge is 0.314 e. The molecule has 0 spiro atoms. The molecule has 1 amide bonds. The molecule has 20 heavy (non-hydrogen) atoms. The van der Waals surface area contributed by atoms with Crippen molar-refractivity contribution in [1.82, 2.24) is 15.6 Å². The highest BCUT2D eigenvalue weighted by molar-refractivity contribution is 8.00. The third kappa shape index (κ3) is 3.11. The molecule has 0 unspecified atom stereocenters. The number of aromatic nitrogens is 1. The summed E-state index contributed by atoms with van der Waals surface area (Å²) in [6, 6.07) is 3.75.